The maximum absolute atomic E-state index is 14.2. The molecule has 0 spiro atoms. The number of nitrogens with one attached hydrogen (secondary N) is 1. The number of alkyl halides is 1. The minimum absolute atomic E-state index is 0.247. The number of hydrogen-bond acceptors (Lipinski definition) is 6. The van der Waals surface area contributed by atoms with Gasteiger partial charge in [-0.25, -0.2) is 23.9 Å². The van der Waals surface area contributed by atoms with Gasteiger partial charge in [-0.05, 0) is 43.0 Å². The molecule has 1 saturated carbocycles. The molecule has 0 radical (unpaired) electrons. The van der Waals surface area contributed by atoms with Crippen LogP contribution in [-0.2, 0) is 0 Å². The Balaban J connectivity index is 1.48. The molecule has 5 rings (SSSR count). The van der Waals surface area contributed by atoms with Crippen LogP contribution in [0.2, 0.25) is 0 Å². The summed E-state index contributed by atoms with van der Waals surface area (Å²) in [4.78, 5) is 12.8. The highest BCUT2D eigenvalue weighted by atomic mass is 19.1. The lowest BCUT2D eigenvalue weighted by Gasteiger charge is -2.33. The van der Waals surface area contributed by atoms with Crippen molar-refractivity contribution in [3.05, 3.63) is 43.0 Å². The van der Waals surface area contributed by atoms with Crippen molar-refractivity contribution in [3.63, 3.8) is 0 Å². The molecule has 0 aliphatic heterocycles. The summed E-state index contributed by atoms with van der Waals surface area (Å²) in [6.45, 7) is 0.247. The smallest absolute Gasteiger partial charge is 0.241 e. The molecule has 1 N–H and O–H groups in total. The van der Waals surface area contributed by atoms with Crippen LogP contribution in [0.4, 0.5) is 10.3 Å². The molecule has 4 aromatic rings. The minimum atomic E-state index is -1.12. The van der Waals surface area contributed by atoms with Crippen molar-refractivity contribution < 1.29 is 9.13 Å². The summed E-state index contributed by atoms with van der Waals surface area (Å²) >= 11 is 0. The van der Waals surface area contributed by atoms with E-state index in [0.29, 0.717) is 24.7 Å². The number of ether oxygens (including phenoxy) is 1. The third-order valence-corrected chi connectivity index (χ3v) is 5.33. The first-order chi connectivity index (χ1) is 13.6. The van der Waals surface area contributed by atoms with Crippen molar-refractivity contribution in [3.8, 4) is 17.0 Å². The van der Waals surface area contributed by atoms with Gasteiger partial charge < -0.3 is 10.1 Å². The van der Waals surface area contributed by atoms with Crippen molar-refractivity contribution in [1.29, 1.82) is 0 Å². The highest BCUT2D eigenvalue weighted by Gasteiger charge is 2.36. The molecule has 0 bridgehead atoms. The van der Waals surface area contributed by atoms with E-state index in [2.05, 4.69) is 25.4 Å². The first kappa shape index (κ1) is 16.9. The molecule has 1 fully saturated rings. The lowest BCUT2D eigenvalue weighted by Crippen LogP contribution is -2.39. The van der Waals surface area contributed by atoms with Gasteiger partial charge in [0, 0.05) is 11.8 Å². The molecule has 1 aromatic carbocycles. The van der Waals surface area contributed by atoms with Crippen molar-refractivity contribution >= 4 is 22.4 Å². The molecule has 0 unspecified atom stereocenters. The second kappa shape index (κ2) is 6.40. The Morgan fingerprint density at radius 2 is 2.11 bits per heavy atom. The Morgan fingerprint density at radius 3 is 2.89 bits per heavy atom. The Kier molecular flexibility index (Phi) is 3.85. The van der Waals surface area contributed by atoms with E-state index in [0.717, 1.165) is 34.0 Å². The third-order valence-electron chi connectivity index (χ3n) is 5.33. The van der Waals surface area contributed by atoms with Gasteiger partial charge in [0.1, 0.15) is 12.0 Å². The van der Waals surface area contributed by atoms with E-state index in [1.165, 1.54) is 6.33 Å². The quantitative estimate of drug-likeness (QED) is 0.571. The van der Waals surface area contributed by atoms with E-state index >= 15 is 0 Å². The zero-order valence-electron chi connectivity index (χ0n) is 15.4. The van der Waals surface area contributed by atoms with Crippen LogP contribution in [-0.4, -0.2) is 43.9 Å². The molecule has 0 amide bonds. The lowest BCUT2D eigenvalue weighted by atomic mass is 9.82. The Bertz CT molecular complexity index is 1170. The van der Waals surface area contributed by atoms with Crippen molar-refractivity contribution in [2.24, 2.45) is 0 Å². The van der Waals surface area contributed by atoms with E-state index in [9.17, 15) is 4.39 Å². The Morgan fingerprint density at radius 1 is 1.21 bits per heavy atom. The standard InChI is InChI=1S/C20H19FN6O/c1-28-18-15-9-13(3-4-16(15)24-12-25-18)14-5-8-27-17(14)10-22-19(26-27)23-11-20(21)6-2-7-20/h3-5,8-10,12H,2,6-7,11H2,1H3,(H,23,26). The molecular formula is C20H19FN6O. The first-order valence-corrected chi connectivity index (χ1v) is 9.22. The van der Waals surface area contributed by atoms with Crippen LogP contribution in [0.5, 0.6) is 5.88 Å². The van der Waals surface area contributed by atoms with E-state index in [4.69, 9.17) is 4.74 Å². The fraction of sp³-hybridized carbons (Fsp3) is 0.300. The average Bonchev–Trinajstić information content (AvgIpc) is 3.13. The number of anilines is 1. The minimum Gasteiger partial charge on any atom is -0.480 e. The molecular weight excluding hydrogens is 359 g/mol. The fourth-order valence-corrected chi connectivity index (χ4v) is 3.56. The molecule has 28 heavy (non-hydrogen) atoms. The largest absolute Gasteiger partial charge is 0.480 e. The van der Waals surface area contributed by atoms with Crippen molar-refractivity contribution in [2.75, 3.05) is 19.0 Å². The van der Waals surface area contributed by atoms with Gasteiger partial charge in [0.15, 0.2) is 0 Å². The number of aromatic nitrogens is 5. The summed E-state index contributed by atoms with van der Waals surface area (Å²) in [5.74, 6) is 0.960. The van der Waals surface area contributed by atoms with Gasteiger partial charge in [0.25, 0.3) is 0 Å². The van der Waals surface area contributed by atoms with E-state index in [1.54, 1.807) is 17.8 Å². The second-order valence-electron chi connectivity index (χ2n) is 7.11. The number of benzene rings is 1. The van der Waals surface area contributed by atoms with E-state index < -0.39 is 5.67 Å². The van der Waals surface area contributed by atoms with Gasteiger partial charge in [0.2, 0.25) is 11.8 Å². The molecule has 1 aliphatic carbocycles. The van der Waals surface area contributed by atoms with E-state index in [1.807, 2.05) is 30.5 Å². The predicted octanol–water partition coefficient (Wildman–Crippen LogP) is 3.65. The Labute approximate surface area is 160 Å². The normalized spacial score (nSPS) is 15.5. The second-order valence-corrected chi connectivity index (χ2v) is 7.11. The molecule has 0 atom stereocenters. The monoisotopic (exact) mass is 378 g/mol. The SMILES string of the molecule is COc1ncnc2ccc(-c3ccn4nc(NCC5(F)CCC5)ncc34)cc12. The van der Waals surface area contributed by atoms with E-state index in [-0.39, 0.29) is 6.54 Å². The number of hydrogen-bond donors (Lipinski definition) is 1. The molecule has 142 valence electrons. The van der Waals surface area contributed by atoms with Gasteiger partial charge in [-0.2, -0.15) is 0 Å². The average molecular weight is 378 g/mol. The van der Waals surface area contributed by atoms with Crippen LogP contribution >= 0.6 is 0 Å². The number of rotatable bonds is 5. The van der Waals surface area contributed by atoms with Gasteiger partial charge in [0.05, 0.1) is 36.3 Å². The summed E-state index contributed by atoms with van der Waals surface area (Å²) in [6.07, 6.45) is 7.26. The summed E-state index contributed by atoms with van der Waals surface area (Å²) < 4.78 is 21.3. The number of halogens is 1. The fourth-order valence-electron chi connectivity index (χ4n) is 3.56. The summed E-state index contributed by atoms with van der Waals surface area (Å²) in [5, 5.41) is 8.32. The van der Waals surface area contributed by atoms with Crippen LogP contribution < -0.4 is 10.1 Å². The topological polar surface area (TPSA) is 77.2 Å². The van der Waals surface area contributed by atoms with Crippen LogP contribution in [0.15, 0.2) is 43.0 Å². The summed E-state index contributed by atoms with van der Waals surface area (Å²) in [7, 11) is 1.59. The highest BCUT2D eigenvalue weighted by molar-refractivity contribution is 5.91. The van der Waals surface area contributed by atoms with Gasteiger partial charge in [-0.15, -0.1) is 5.10 Å². The van der Waals surface area contributed by atoms with Gasteiger partial charge >= 0.3 is 0 Å². The Hall–Kier alpha value is -3.29. The molecule has 8 heteroatoms. The number of fused-ring (bicyclic) bond motifs is 2. The van der Waals surface area contributed by atoms with Crippen LogP contribution in [0.1, 0.15) is 19.3 Å². The highest BCUT2D eigenvalue weighted by Crippen LogP contribution is 2.35. The lowest BCUT2D eigenvalue weighted by molar-refractivity contribution is 0.0782. The molecule has 3 heterocycles. The molecule has 1 aliphatic rings. The summed E-state index contributed by atoms with van der Waals surface area (Å²) in [6, 6.07) is 7.92. The maximum Gasteiger partial charge on any atom is 0.241 e. The zero-order valence-corrected chi connectivity index (χ0v) is 15.4. The van der Waals surface area contributed by atoms with Crippen LogP contribution in [0.25, 0.3) is 27.5 Å². The zero-order chi connectivity index (χ0) is 19.1. The van der Waals surface area contributed by atoms with Gasteiger partial charge in [-0.1, -0.05) is 6.07 Å². The van der Waals surface area contributed by atoms with Gasteiger partial charge in [-0.3, -0.25) is 0 Å². The van der Waals surface area contributed by atoms with Crippen molar-refractivity contribution in [1.82, 2.24) is 24.6 Å². The van der Waals surface area contributed by atoms with Crippen LogP contribution in [0, 0.1) is 0 Å². The number of nitrogens with zero attached hydrogens (tertiary/aromatic N) is 5. The molecule has 3 aromatic heterocycles. The number of methoxy groups -OCH3 is 1. The van der Waals surface area contributed by atoms with Crippen molar-refractivity contribution in [2.45, 2.75) is 24.9 Å². The van der Waals surface area contributed by atoms with Crippen LogP contribution in [0.3, 0.4) is 0 Å². The maximum atomic E-state index is 14.2. The first-order valence-electron chi connectivity index (χ1n) is 9.22. The molecule has 0 saturated heterocycles. The molecule has 7 nitrogen and oxygen atoms in total. The third kappa shape index (κ3) is 2.81. The predicted molar refractivity (Wildman–Crippen MR) is 104 cm³/mol. The summed E-state index contributed by atoms with van der Waals surface area (Å²) in [5.41, 5.74) is 2.54.